The standard InChI is InChI=1S/C25H25N3O2S2/c1-2-28-24(30)23-21(14-16-31-23)26-25(28)32-18-22(29)27(17-20-11-7-4-8-12-20)15-13-19-9-5-3-6-10-19/h3-12,14,16H,2,13,15,17-18H2,1H3. The van der Waals surface area contributed by atoms with Crippen LogP contribution in [-0.2, 0) is 24.3 Å². The Morgan fingerprint density at radius 1 is 1.03 bits per heavy atom. The summed E-state index contributed by atoms with van der Waals surface area (Å²) in [6.07, 6.45) is 0.795. The first-order chi connectivity index (χ1) is 15.7. The molecule has 0 radical (unpaired) electrons. The molecule has 0 aliphatic rings. The molecular weight excluding hydrogens is 438 g/mol. The zero-order valence-electron chi connectivity index (χ0n) is 17.9. The molecule has 2 heterocycles. The molecule has 0 spiro atoms. The molecule has 7 heteroatoms. The topological polar surface area (TPSA) is 55.2 Å². The predicted octanol–water partition coefficient (Wildman–Crippen LogP) is 4.84. The van der Waals surface area contributed by atoms with Gasteiger partial charge in [-0.25, -0.2) is 4.98 Å². The smallest absolute Gasteiger partial charge is 0.272 e. The first-order valence-electron chi connectivity index (χ1n) is 10.6. The van der Waals surface area contributed by atoms with Crippen LogP contribution >= 0.6 is 23.1 Å². The number of amides is 1. The third-order valence-corrected chi connectivity index (χ3v) is 7.11. The monoisotopic (exact) mass is 463 g/mol. The minimum atomic E-state index is -0.0346. The molecule has 4 aromatic rings. The second kappa shape index (κ2) is 10.6. The van der Waals surface area contributed by atoms with E-state index in [0.29, 0.717) is 35.0 Å². The van der Waals surface area contributed by atoms with Gasteiger partial charge in [0.25, 0.3) is 5.56 Å². The van der Waals surface area contributed by atoms with Gasteiger partial charge in [0.05, 0.1) is 11.3 Å². The van der Waals surface area contributed by atoms with E-state index in [1.165, 1.54) is 28.7 Å². The fraction of sp³-hybridized carbons (Fsp3) is 0.240. The Morgan fingerprint density at radius 2 is 1.72 bits per heavy atom. The van der Waals surface area contributed by atoms with Crippen LogP contribution in [0.4, 0.5) is 0 Å². The van der Waals surface area contributed by atoms with Crippen molar-refractivity contribution >= 4 is 39.2 Å². The summed E-state index contributed by atoms with van der Waals surface area (Å²) in [7, 11) is 0. The lowest BCUT2D eigenvalue weighted by Gasteiger charge is -2.23. The first-order valence-corrected chi connectivity index (χ1v) is 12.5. The van der Waals surface area contributed by atoms with Crippen LogP contribution in [0, 0.1) is 0 Å². The maximum absolute atomic E-state index is 13.2. The average molecular weight is 464 g/mol. The Morgan fingerprint density at radius 3 is 2.41 bits per heavy atom. The summed E-state index contributed by atoms with van der Waals surface area (Å²) >= 11 is 2.74. The predicted molar refractivity (Wildman–Crippen MR) is 132 cm³/mol. The maximum Gasteiger partial charge on any atom is 0.272 e. The minimum absolute atomic E-state index is 0.0346. The van der Waals surface area contributed by atoms with E-state index in [4.69, 9.17) is 0 Å². The third-order valence-electron chi connectivity index (χ3n) is 5.25. The summed E-state index contributed by atoms with van der Waals surface area (Å²) in [5.41, 5.74) is 2.97. The molecule has 0 N–H and O–H groups in total. The zero-order chi connectivity index (χ0) is 22.3. The summed E-state index contributed by atoms with van der Waals surface area (Å²) in [5, 5.41) is 2.48. The highest BCUT2D eigenvalue weighted by Gasteiger charge is 2.17. The van der Waals surface area contributed by atoms with Crippen LogP contribution in [0.15, 0.2) is 82.1 Å². The Balaban J connectivity index is 1.50. The second-order valence-electron chi connectivity index (χ2n) is 7.40. The average Bonchev–Trinajstić information content (AvgIpc) is 3.30. The largest absolute Gasteiger partial charge is 0.337 e. The SMILES string of the molecule is CCn1c(SCC(=O)N(CCc2ccccc2)Cc2ccccc2)nc2ccsc2c1=O. The Kier molecular flexibility index (Phi) is 7.39. The van der Waals surface area contributed by atoms with Gasteiger partial charge in [0, 0.05) is 19.6 Å². The van der Waals surface area contributed by atoms with Crippen LogP contribution < -0.4 is 5.56 Å². The van der Waals surface area contributed by atoms with Gasteiger partial charge >= 0.3 is 0 Å². The molecule has 0 aliphatic carbocycles. The van der Waals surface area contributed by atoms with E-state index in [1.807, 2.05) is 71.8 Å². The number of carbonyl (C=O) groups excluding carboxylic acids is 1. The van der Waals surface area contributed by atoms with E-state index in [9.17, 15) is 9.59 Å². The number of rotatable bonds is 9. The highest BCUT2D eigenvalue weighted by Crippen LogP contribution is 2.21. The van der Waals surface area contributed by atoms with Gasteiger partial charge in [0.1, 0.15) is 4.70 Å². The molecule has 1 amide bonds. The number of fused-ring (bicyclic) bond motifs is 1. The molecule has 0 atom stereocenters. The van der Waals surface area contributed by atoms with Crippen molar-refractivity contribution in [2.45, 2.75) is 31.6 Å². The van der Waals surface area contributed by atoms with Crippen molar-refractivity contribution in [3.8, 4) is 0 Å². The van der Waals surface area contributed by atoms with Crippen LogP contribution in [0.3, 0.4) is 0 Å². The fourth-order valence-electron chi connectivity index (χ4n) is 3.53. The Labute approximate surface area is 195 Å². The molecule has 2 aromatic heterocycles. The van der Waals surface area contributed by atoms with Crippen LogP contribution in [0.1, 0.15) is 18.1 Å². The van der Waals surface area contributed by atoms with E-state index in [0.717, 1.165) is 12.0 Å². The number of hydrogen-bond donors (Lipinski definition) is 0. The molecule has 0 bridgehead atoms. The number of benzene rings is 2. The minimum Gasteiger partial charge on any atom is -0.337 e. The van der Waals surface area contributed by atoms with Crippen molar-refractivity contribution in [3.05, 3.63) is 93.6 Å². The molecule has 0 saturated carbocycles. The van der Waals surface area contributed by atoms with Gasteiger partial charge in [-0.3, -0.25) is 14.2 Å². The van der Waals surface area contributed by atoms with Gasteiger partial charge in [-0.15, -0.1) is 11.3 Å². The van der Waals surface area contributed by atoms with E-state index >= 15 is 0 Å². The Bertz CT molecular complexity index is 1240. The molecule has 0 unspecified atom stereocenters. The first kappa shape index (κ1) is 22.3. The molecule has 0 fully saturated rings. The number of aromatic nitrogens is 2. The molecule has 5 nitrogen and oxygen atoms in total. The van der Waals surface area contributed by atoms with Crippen LogP contribution in [0.5, 0.6) is 0 Å². The third kappa shape index (κ3) is 5.29. The molecule has 2 aromatic carbocycles. The summed E-state index contributed by atoms with van der Waals surface area (Å²) in [6, 6.07) is 22.1. The summed E-state index contributed by atoms with van der Waals surface area (Å²) in [6.45, 7) is 3.65. The van der Waals surface area contributed by atoms with Gasteiger partial charge in [-0.2, -0.15) is 0 Å². The van der Waals surface area contributed by atoms with Crippen molar-refractivity contribution in [2.24, 2.45) is 0 Å². The Hall–Kier alpha value is -2.90. The summed E-state index contributed by atoms with van der Waals surface area (Å²) in [4.78, 5) is 32.5. The molecular formula is C25H25N3O2S2. The highest BCUT2D eigenvalue weighted by molar-refractivity contribution is 7.99. The lowest BCUT2D eigenvalue weighted by molar-refractivity contribution is -0.128. The van der Waals surface area contributed by atoms with Crippen molar-refractivity contribution in [3.63, 3.8) is 0 Å². The van der Waals surface area contributed by atoms with Gasteiger partial charge in [0.2, 0.25) is 5.91 Å². The summed E-state index contributed by atoms with van der Waals surface area (Å²) in [5.74, 6) is 0.279. The number of hydrogen-bond acceptors (Lipinski definition) is 5. The van der Waals surface area contributed by atoms with E-state index in [2.05, 4.69) is 17.1 Å². The van der Waals surface area contributed by atoms with Crippen molar-refractivity contribution in [1.29, 1.82) is 0 Å². The van der Waals surface area contributed by atoms with Crippen LogP contribution in [0.2, 0.25) is 0 Å². The van der Waals surface area contributed by atoms with Crippen molar-refractivity contribution < 1.29 is 4.79 Å². The van der Waals surface area contributed by atoms with Gasteiger partial charge in [-0.1, -0.05) is 72.4 Å². The lowest BCUT2D eigenvalue weighted by Crippen LogP contribution is -2.34. The second-order valence-corrected chi connectivity index (χ2v) is 9.26. The number of carbonyl (C=O) groups is 1. The normalized spacial score (nSPS) is 11.0. The molecule has 32 heavy (non-hydrogen) atoms. The number of thioether (sulfide) groups is 1. The van der Waals surface area contributed by atoms with Crippen molar-refractivity contribution in [2.75, 3.05) is 12.3 Å². The zero-order valence-corrected chi connectivity index (χ0v) is 19.6. The molecule has 4 rings (SSSR count). The number of nitrogens with zero attached hydrogens (tertiary/aromatic N) is 3. The fourth-order valence-corrected chi connectivity index (χ4v) is 5.28. The summed E-state index contributed by atoms with van der Waals surface area (Å²) < 4.78 is 2.32. The van der Waals surface area contributed by atoms with Gasteiger partial charge < -0.3 is 4.90 Å². The van der Waals surface area contributed by atoms with Gasteiger partial charge in [-0.05, 0) is 35.9 Å². The lowest BCUT2D eigenvalue weighted by atomic mass is 10.1. The van der Waals surface area contributed by atoms with E-state index < -0.39 is 0 Å². The van der Waals surface area contributed by atoms with E-state index in [1.54, 1.807) is 4.57 Å². The van der Waals surface area contributed by atoms with Gasteiger partial charge in [0.15, 0.2) is 5.16 Å². The molecule has 164 valence electrons. The molecule has 0 aliphatic heterocycles. The van der Waals surface area contributed by atoms with Crippen molar-refractivity contribution in [1.82, 2.24) is 14.5 Å². The maximum atomic E-state index is 13.2. The van der Waals surface area contributed by atoms with E-state index in [-0.39, 0.29) is 17.2 Å². The van der Waals surface area contributed by atoms with Crippen LogP contribution in [0.25, 0.3) is 10.2 Å². The van der Waals surface area contributed by atoms with Crippen LogP contribution in [-0.4, -0.2) is 32.7 Å². The highest BCUT2D eigenvalue weighted by atomic mass is 32.2. The number of thiophene rings is 1. The molecule has 0 saturated heterocycles. The quantitative estimate of drug-likeness (QED) is 0.263.